The van der Waals surface area contributed by atoms with Crippen LogP contribution < -0.4 is 4.74 Å². The SMILES string of the molecule is [CH2]C(C)(CCc1ccc(OCc2ccccc2)cc1)c1ccccc1. The van der Waals surface area contributed by atoms with Crippen molar-refractivity contribution >= 4 is 0 Å². The second-order valence-electron chi connectivity index (χ2n) is 6.84. The van der Waals surface area contributed by atoms with E-state index in [9.17, 15) is 0 Å². The molecular weight excluding hydrogens is 304 g/mol. The van der Waals surface area contributed by atoms with Crippen molar-refractivity contribution in [3.8, 4) is 5.75 Å². The highest BCUT2D eigenvalue weighted by atomic mass is 16.5. The van der Waals surface area contributed by atoms with Crippen LogP contribution in [0.5, 0.6) is 5.75 Å². The standard InChI is InChI=1S/C24H25O/c1-24(2,22-11-7-4-8-12-22)18-17-20-13-15-23(16-14-20)25-19-21-9-5-3-6-10-21/h3-16H,1,17-19H2,2H3. The van der Waals surface area contributed by atoms with Crippen LogP contribution in [0.15, 0.2) is 84.9 Å². The van der Waals surface area contributed by atoms with Gasteiger partial charge in [-0.25, -0.2) is 0 Å². The summed E-state index contributed by atoms with van der Waals surface area (Å²) in [6.45, 7) is 7.22. The second kappa shape index (κ2) is 8.02. The van der Waals surface area contributed by atoms with Crippen LogP contribution in [0, 0.1) is 6.92 Å². The van der Waals surface area contributed by atoms with E-state index in [2.05, 4.69) is 74.5 Å². The zero-order chi connectivity index (χ0) is 17.5. The largest absolute Gasteiger partial charge is 0.489 e. The smallest absolute Gasteiger partial charge is 0.119 e. The van der Waals surface area contributed by atoms with Gasteiger partial charge in [0.15, 0.2) is 0 Å². The van der Waals surface area contributed by atoms with Gasteiger partial charge in [-0.2, -0.15) is 0 Å². The fraction of sp³-hybridized carbons (Fsp3) is 0.208. The summed E-state index contributed by atoms with van der Waals surface area (Å²) in [7, 11) is 0. The zero-order valence-electron chi connectivity index (χ0n) is 14.8. The van der Waals surface area contributed by atoms with Crippen LogP contribution in [0.2, 0.25) is 0 Å². The molecule has 0 amide bonds. The van der Waals surface area contributed by atoms with Gasteiger partial charge in [0.1, 0.15) is 12.4 Å². The third-order valence-corrected chi connectivity index (χ3v) is 4.61. The summed E-state index contributed by atoms with van der Waals surface area (Å²) in [5.74, 6) is 0.910. The van der Waals surface area contributed by atoms with Crippen molar-refractivity contribution in [3.05, 3.63) is 109 Å². The summed E-state index contributed by atoms with van der Waals surface area (Å²) in [4.78, 5) is 0. The summed E-state index contributed by atoms with van der Waals surface area (Å²) in [6.07, 6.45) is 2.02. The highest BCUT2D eigenvalue weighted by molar-refractivity contribution is 5.30. The predicted octanol–water partition coefficient (Wildman–Crippen LogP) is 5.99. The van der Waals surface area contributed by atoms with Crippen molar-refractivity contribution < 1.29 is 4.74 Å². The van der Waals surface area contributed by atoms with Gasteiger partial charge in [-0.15, -0.1) is 0 Å². The van der Waals surface area contributed by atoms with E-state index in [1.807, 2.05) is 24.3 Å². The summed E-state index contributed by atoms with van der Waals surface area (Å²) in [6, 6.07) is 29.2. The lowest BCUT2D eigenvalue weighted by Gasteiger charge is -2.25. The van der Waals surface area contributed by atoms with Crippen LogP contribution in [0.25, 0.3) is 0 Å². The van der Waals surface area contributed by atoms with E-state index in [-0.39, 0.29) is 5.41 Å². The first-order valence-corrected chi connectivity index (χ1v) is 8.80. The number of hydrogen-bond donors (Lipinski definition) is 0. The maximum Gasteiger partial charge on any atom is 0.119 e. The molecular formula is C24H25O. The van der Waals surface area contributed by atoms with Crippen molar-refractivity contribution in [2.24, 2.45) is 0 Å². The van der Waals surface area contributed by atoms with Crippen LogP contribution in [0.3, 0.4) is 0 Å². The lowest BCUT2D eigenvalue weighted by atomic mass is 9.80. The molecule has 0 heterocycles. The summed E-state index contributed by atoms with van der Waals surface area (Å²) >= 11 is 0. The molecule has 0 spiro atoms. The monoisotopic (exact) mass is 329 g/mol. The summed E-state index contributed by atoms with van der Waals surface area (Å²) in [5, 5.41) is 0. The zero-order valence-corrected chi connectivity index (χ0v) is 14.8. The Balaban J connectivity index is 1.54. The molecule has 25 heavy (non-hydrogen) atoms. The van der Waals surface area contributed by atoms with Gasteiger partial charge in [0.05, 0.1) is 0 Å². The molecule has 3 aromatic rings. The molecule has 0 saturated heterocycles. The quantitative estimate of drug-likeness (QED) is 0.517. The molecule has 127 valence electrons. The lowest BCUT2D eigenvalue weighted by Crippen LogP contribution is -2.18. The fourth-order valence-electron chi connectivity index (χ4n) is 2.90. The predicted molar refractivity (Wildman–Crippen MR) is 105 cm³/mol. The van der Waals surface area contributed by atoms with E-state index in [1.54, 1.807) is 0 Å². The van der Waals surface area contributed by atoms with Crippen LogP contribution in [-0.2, 0) is 18.4 Å². The highest BCUT2D eigenvalue weighted by Gasteiger charge is 2.19. The minimum absolute atomic E-state index is 0.0657. The maximum atomic E-state index is 5.85. The normalized spacial score (nSPS) is 11.3. The van der Waals surface area contributed by atoms with Crippen LogP contribution in [0.1, 0.15) is 30.0 Å². The number of rotatable bonds is 7. The Hall–Kier alpha value is -2.54. The van der Waals surface area contributed by atoms with Crippen molar-refractivity contribution in [2.75, 3.05) is 0 Å². The molecule has 1 heteroatoms. The minimum Gasteiger partial charge on any atom is -0.489 e. The van der Waals surface area contributed by atoms with E-state index >= 15 is 0 Å². The Morgan fingerprint density at radius 1 is 0.760 bits per heavy atom. The number of ether oxygens (including phenoxy) is 1. The first-order chi connectivity index (χ1) is 12.1. The van der Waals surface area contributed by atoms with Gasteiger partial charge in [-0.3, -0.25) is 0 Å². The molecule has 1 nitrogen and oxygen atoms in total. The molecule has 0 aliphatic carbocycles. The average molecular weight is 329 g/mol. The topological polar surface area (TPSA) is 9.23 Å². The van der Waals surface area contributed by atoms with Crippen molar-refractivity contribution in [1.29, 1.82) is 0 Å². The van der Waals surface area contributed by atoms with E-state index in [0.29, 0.717) is 6.61 Å². The summed E-state index contributed by atoms with van der Waals surface area (Å²) < 4.78 is 5.85. The molecule has 3 rings (SSSR count). The molecule has 0 saturated carbocycles. The van der Waals surface area contributed by atoms with Gasteiger partial charge in [-0.1, -0.05) is 79.7 Å². The highest BCUT2D eigenvalue weighted by Crippen LogP contribution is 2.28. The van der Waals surface area contributed by atoms with E-state index in [4.69, 9.17) is 4.74 Å². The van der Waals surface area contributed by atoms with Gasteiger partial charge < -0.3 is 4.74 Å². The fourth-order valence-corrected chi connectivity index (χ4v) is 2.90. The molecule has 0 aliphatic rings. The third kappa shape index (κ3) is 4.96. The molecule has 1 atom stereocenters. The molecule has 0 aromatic heterocycles. The Kier molecular flexibility index (Phi) is 5.55. The molecule has 0 fully saturated rings. The van der Waals surface area contributed by atoms with Gasteiger partial charge >= 0.3 is 0 Å². The molecule has 0 N–H and O–H groups in total. The van der Waals surface area contributed by atoms with Gasteiger partial charge in [0.2, 0.25) is 0 Å². The maximum absolute atomic E-state index is 5.85. The van der Waals surface area contributed by atoms with Crippen molar-refractivity contribution in [2.45, 2.75) is 31.8 Å². The molecule has 1 unspecified atom stereocenters. The Bertz CT molecular complexity index is 758. The molecule has 1 radical (unpaired) electrons. The third-order valence-electron chi connectivity index (χ3n) is 4.61. The first-order valence-electron chi connectivity index (χ1n) is 8.80. The number of aryl methyl sites for hydroxylation is 1. The molecule has 3 aromatic carbocycles. The van der Waals surface area contributed by atoms with Gasteiger partial charge in [-0.05, 0) is 54.0 Å². The summed E-state index contributed by atoms with van der Waals surface area (Å²) in [5.41, 5.74) is 3.72. The second-order valence-corrected chi connectivity index (χ2v) is 6.84. The number of hydrogen-bond acceptors (Lipinski definition) is 1. The van der Waals surface area contributed by atoms with Gasteiger partial charge in [0.25, 0.3) is 0 Å². The first kappa shape index (κ1) is 17.3. The lowest BCUT2D eigenvalue weighted by molar-refractivity contribution is 0.306. The Labute approximate surface area is 151 Å². The van der Waals surface area contributed by atoms with E-state index in [0.717, 1.165) is 18.6 Å². The Morgan fingerprint density at radius 3 is 2.00 bits per heavy atom. The van der Waals surface area contributed by atoms with Crippen LogP contribution in [0.4, 0.5) is 0 Å². The van der Waals surface area contributed by atoms with Crippen LogP contribution >= 0.6 is 0 Å². The Morgan fingerprint density at radius 2 is 1.36 bits per heavy atom. The van der Waals surface area contributed by atoms with Gasteiger partial charge in [0, 0.05) is 0 Å². The molecule has 0 bridgehead atoms. The minimum atomic E-state index is -0.0657. The van der Waals surface area contributed by atoms with Crippen molar-refractivity contribution in [3.63, 3.8) is 0 Å². The van der Waals surface area contributed by atoms with Crippen LogP contribution in [-0.4, -0.2) is 0 Å². The van der Waals surface area contributed by atoms with Crippen molar-refractivity contribution in [1.82, 2.24) is 0 Å². The average Bonchev–Trinajstić information content (AvgIpc) is 2.67. The van der Waals surface area contributed by atoms with E-state index < -0.39 is 0 Å². The molecule has 0 aliphatic heterocycles. The van der Waals surface area contributed by atoms with E-state index in [1.165, 1.54) is 16.7 Å². The number of benzene rings is 3.